The van der Waals surface area contributed by atoms with Crippen LogP contribution in [-0.4, -0.2) is 21.8 Å². The molecule has 0 spiro atoms. The van der Waals surface area contributed by atoms with Crippen molar-refractivity contribution in [3.8, 4) is 0 Å². The Morgan fingerprint density at radius 2 is 2.08 bits per heavy atom. The van der Waals surface area contributed by atoms with Gasteiger partial charge in [0.2, 0.25) is 5.91 Å². The molecule has 0 aliphatic rings. The first-order chi connectivity index (χ1) is 11.6. The second-order valence-corrected chi connectivity index (χ2v) is 6.37. The first kappa shape index (κ1) is 16.5. The fourth-order valence-electron chi connectivity index (χ4n) is 2.68. The van der Waals surface area contributed by atoms with E-state index in [0.29, 0.717) is 24.4 Å². The van der Waals surface area contributed by atoms with E-state index in [1.54, 1.807) is 0 Å². The van der Waals surface area contributed by atoms with Crippen molar-refractivity contribution in [2.45, 2.75) is 26.2 Å². The van der Waals surface area contributed by atoms with E-state index in [1.165, 1.54) is 11.1 Å². The van der Waals surface area contributed by atoms with Gasteiger partial charge >= 0.3 is 0 Å². The molecule has 0 saturated heterocycles. The van der Waals surface area contributed by atoms with Gasteiger partial charge in [-0.15, -0.1) is 0 Å². The van der Waals surface area contributed by atoms with Crippen LogP contribution in [0, 0.1) is 6.92 Å². The molecule has 5 heteroatoms. The third kappa shape index (κ3) is 4.36. The van der Waals surface area contributed by atoms with Crippen molar-refractivity contribution in [2.24, 2.45) is 0 Å². The number of rotatable bonds is 6. The summed E-state index contributed by atoms with van der Waals surface area (Å²) in [4.78, 5) is 16.5. The summed E-state index contributed by atoms with van der Waals surface area (Å²) < 4.78 is 1.90. The second-order valence-electron chi connectivity index (χ2n) is 5.93. The average molecular weight is 342 g/mol. The Labute approximate surface area is 146 Å². The Balaban J connectivity index is 1.45. The highest BCUT2D eigenvalue weighted by Gasteiger charge is 2.05. The minimum absolute atomic E-state index is 0.0725. The van der Waals surface area contributed by atoms with Crippen LogP contribution in [0.5, 0.6) is 0 Å². The number of carbonyl (C=O) groups is 1. The molecule has 1 amide bonds. The standard InChI is InChI=1S/C19H20ClN3O/c1-14-3-2-4-15(11-14)5-8-19(24)21-10-9-17-13-23-12-16(20)6-7-18(23)22-17/h2-4,6-7,11-13H,5,8-10H2,1H3,(H,21,24). The van der Waals surface area contributed by atoms with Crippen LogP contribution >= 0.6 is 11.6 Å². The Bertz CT molecular complexity index is 857. The molecule has 2 heterocycles. The van der Waals surface area contributed by atoms with Crippen LogP contribution in [0.1, 0.15) is 23.2 Å². The van der Waals surface area contributed by atoms with Gasteiger partial charge in [-0.05, 0) is 31.0 Å². The maximum Gasteiger partial charge on any atom is 0.220 e. The van der Waals surface area contributed by atoms with Crippen molar-refractivity contribution >= 4 is 23.2 Å². The molecule has 0 unspecified atom stereocenters. The van der Waals surface area contributed by atoms with Crippen LogP contribution in [0.25, 0.3) is 5.65 Å². The third-order valence-electron chi connectivity index (χ3n) is 3.89. The number of aromatic nitrogens is 2. The number of imidazole rings is 1. The van der Waals surface area contributed by atoms with Gasteiger partial charge in [-0.1, -0.05) is 41.4 Å². The lowest BCUT2D eigenvalue weighted by Crippen LogP contribution is -2.25. The minimum Gasteiger partial charge on any atom is -0.356 e. The molecule has 0 saturated carbocycles. The van der Waals surface area contributed by atoms with Gasteiger partial charge in [-0.2, -0.15) is 0 Å². The number of halogens is 1. The average Bonchev–Trinajstić information content (AvgIpc) is 2.95. The van der Waals surface area contributed by atoms with E-state index in [4.69, 9.17) is 11.6 Å². The molecule has 1 aromatic carbocycles. The predicted octanol–water partition coefficient (Wildman–Crippen LogP) is 3.59. The first-order valence-corrected chi connectivity index (χ1v) is 8.43. The summed E-state index contributed by atoms with van der Waals surface area (Å²) in [6, 6.07) is 12.0. The van der Waals surface area contributed by atoms with Crippen LogP contribution in [-0.2, 0) is 17.6 Å². The maximum atomic E-state index is 12.0. The zero-order chi connectivity index (χ0) is 16.9. The van der Waals surface area contributed by atoms with Gasteiger partial charge in [0.25, 0.3) is 0 Å². The predicted molar refractivity (Wildman–Crippen MR) is 96.4 cm³/mol. The highest BCUT2D eigenvalue weighted by Crippen LogP contribution is 2.12. The number of hydrogen-bond acceptors (Lipinski definition) is 2. The fourth-order valence-corrected chi connectivity index (χ4v) is 2.85. The Morgan fingerprint density at radius 3 is 2.92 bits per heavy atom. The van der Waals surface area contributed by atoms with E-state index >= 15 is 0 Å². The van der Waals surface area contributed by atoms with E-state index in [-0.39, 0.29) is 5.91 Å². The molecular formula is C19H20ClN3O. The lowest BCUT2D eigenvalue weighted by Gasteiger charge is -2.05. The molecule has 0 bridgehead atoms. The SMILES string of the molecule is Cc1cccc(CCC(=O)NCCc2cn3cc(Cl)ccc3n2)c1. The summed E-state index contributed by atoms with van der Waals surface area (Å²) in [5, 5.41) is 3.63. The molecule has 2 aromatic heterocycles. The van der Waals surface area contributed by atoms with Crippen LogP contribution < -0.4 is 5.32 Å². The molecule has 4 nitrogen and oxygen atoms in total. The fraction of sp³-hybridized carbons (Fsp3) is 0.263. The summed E-state index contributed by atoms with van der Waals surface area (Å²) in [7, 11) is 0. The summed E-state index contributed by atoms with van der Waals surface area (Å²) in [6.45, 7) is 2.65. The van der Waals surface area contributed by atoms with Crippen LogP contribution in [0.15, 0.2) is 48.8 Å². The summed E-state index contributed by atoms with van der Waals surface area (Å²) in [5.74, 6) is 0.0725. The molecule has 24 heavy (non-hydrogen) atoms. The molecular weight excluding hydrogens is 322 g/mol. The molecule has 0 aliphatic heterocycles. The molecule has 0 fully saturated rings. The van der Waals surface area contributed by atoms with Gasteiger partial charge in [0, 0.05) is 31.8 Å². The second kappa shape index (κ2) is 7.49. The van der Waals surface area contributed by atoms with Crippen molar-refractivity contribution < 1.29 is 4.79 Å². The van der Waals surface area contributed by atoms with Crippen molar-refractivity contribution in [3.05, 3.63) is 70.6 Å². The van der Waals surface area contributed by atoms with Crippen molar-refractivity contribution in [1.29, 1.82) is 0 Å². The van der Waals surface area contributed by atoms with Crippen LogP contribution in [0.4, 0.5) is 0 Å². The Morgan fingerprint density at radius 1 is 1.21 bits per heavy atom. The lowest BCUT2D eigenvalue weighted by molar-refractivity contribution is -0.121. The number of hydrogen-bond donors (Lipinski definition) is 1. The van der Waals surface area contributed by atoms with E-state index in [2.05, 4.69) is 35.4 Å². The molecule has 124 valence electrons. The van der Waals surface area contributed by atoms with Crippen molar-refractivity contribution in [1.82, 2.24) is 14.7 Å². The van der Waals surface area contributed by atoms with E-state index in [0.717, 1.165) is 17.8 Å². The summed E-state index contributed by atoms with van der Waals surface area (Å²) >= 11 is 5.96. The third-order valence-corrected chi connectivity index (χ3v) is 4.11. The Hall–Kier alpha value is -2.33. The molecule has 0 aliphatic carbocycles. The molecule has 0 atom stereocenters. The number of benzene rings is 1. The van der Waals surface area contributed by atoms with Gasteiger partial charge in [0.05, 0.1) is 10.7 Å². The number of aryl methyl sites for hydroxylation is 2. The van der Waals surface area contributed by atoms with E-state index in [1.807, 2.05) is 35.0 Å². The van der Waals surface area contributed by atoms with E-state index in [9.17, 15) is 4.79 Å². The lowest BCUT2D eigenvalue weighted by atomic mass is 10.1. The number of carbonyl (C=O) groups excluding carboxylic acids is 1. The van der Waals surface area contributed by atoms with Gasteiger partial charge < -0.3 is 9.72 Å². The number of pyridine rings is 1. The topological polar surface area (TPSA) is 46.4 Å². The zero-order valence-corrected chi connectivity index (χ0v) is 14.4. The molecule has 3 rings (SSSR count). The van der Waals surface area contributed by atoms with Crippen LogP contribution in [0.2, 0.25) is 5.02 Å². The van der Waals surface area contributed by atoms with Crippen molar-refractivity contribution in [2.75, 3.05) is 6.54 Å². The molecule has 1 N–H and O–H groups in total. The monoisotopic (exact) mass is 341 g/mol. The largest absolute Gasteiger partial charge is 0.356 e. The first-order valence-electron chi connectivity index (χ1n) is 8.05. The molecule has 0 radical (unpaired) electrons. The van der Waals surface area contributed by atoms with Gasteiger partial charge in [0.1, 0.15) is 5.65 Å². The van der Waals surface area contributed by atoms with Gasteiger partial charge in [-0.25, -0.2) is 4.98 Å². The number of fused-ring (bicyclic) bond motifs is 1. The highest BCUT2D eigenvalue weighted by molar-refractivity contribution is 6.30. The summed E-state index contributed by atoms with van der Waals surface area (Å²) in [6.07, 6.45) is 5.74. The number of amides is 1. The molecule has 3 aromatic rings. The zero-order valence-electron chi connectivity index (χ0n) is 13.6. The maximum absolute atomic E-state index is 12.0. The smallest absolute Gasteiger partial charge is 0.220 e. The van der Waals surface area contributed by atoms with Gasteiger partial charge in [0.15, 0.2) is 0 Å². The van der Waals surface area contributed by atoms with Crippen molar-refractivity contribution in [3.63, 3.8) is 0 Å². The van der Waals surface area contributed by atoms with Crippen LogP contribution in [0.3, 0.4) is 0 Å². The quantitative estimate of drug-likeness (QED) is 0.744. The number of nitrogens with zero attached hydrogens (tertiary/aromatic N) is 2. The van der Waals surface area contributed by atoms with E-state index < -0.39 is 0 Å². The minimum atomic E-state index is 0.0725. The highest BCUT2D eigenvalue weighted by atomic mass is 35.5. The normalized spacial score (nSPS) is 10.9. The summed E-state index contributed by atoms with van der Waals surface area (Å²) in [5.41, 5.74) is 4.22. The Kier molecular flexibility index (Phi) is 5.16. The number of nitrogens with one attached hydrogen (secondary N) is 1. The van der Waals surface area contributed by atoms with Gasteiger partial charge in [-0.3, -0.25) is 4.79 Å².